The summed E-state index contributed by atoms with van der Waals surface area (Å²) in [5.74, 6) is -3.41. The van der Waals surface area contributed by atoms with Crippen molar-refractivity contribution in [1.29, 1.82) is 0 Å². The van der Waals surface area contributed by atoms with Crippen LogP contribution >= 0.6 is 0 Å². The van der Waals surface area contributed by atoms with E-state index in [9.17, 15) is 24.0 Å². The molecule has 342 valence electrons. The van der Waals surface area contributed by atoms with Crippen molar-refractivity contribution >= 4 is 29.8 Å². The second-order valence-electron chi connectivity index (χ2n) is 17.1. The summed E-state index contributed by atoms with van der Waals surface area (Å²) in [6.07, 6.45) is -5.86. The number of carbonyl (C=O) groups is 5. The van der Waals surface area contributed by atoms with Gasteiger partial charge in [-0.15, -0.1) is 0 Å². The highest BCUT2D eigenvalue weighted by Gasteiger charge is 2.54. The summed E-state index contributed by atoms with van der Waals surface area (Å²) in [4.78, 5) is 68.2. The second kappa shape index (κ2) is 21.9. The molecule has 0 bridgehead atoms. The van der Waals surface area contributed by atoms with E-state index in [1.807, 2.05) is 19.9 Å². The maximum Gasteiger partial charge on any atom is 0.338 e. The third-order valence-corrected chi connectivity index (χ3v) is 11.8. The number of benzene rings is 5. The zero-order valence-electron chi connectivity index (χ0n) is 37.4. The number of esters is 5. The lowest BCUT2D eigenvalue weighted by atomic mass is 9.70. The number of rotatable bonds is 16. The first kappa shape index (κ1) is 47.1. The lowest BCUT2D eigenvalue weighted by molar-refractivity contribution is -0.310. The zero-order valence-corrected chi connectivity index (χ0v) is 37.4. The molecular weight excluding hydrogens is 841 g/mol. The molecule has 0 unspecified atom stereocenters. The first-order valence-corrected chi connectivity index (χ1v) is 22.1. The maximum atomic E-state index is 14.1. The van der Waals surface area contributed by atoms with Crippen LogP contribution in [0.4, 0.5) is 0 Å². The van der Waals surface area contributed by atoms with Gasteiger partial charge in [-0.3, -0.25) is 0 Å². The predicted molar refractivity (Wildman–Crippen MR) is 243 cm³/mol. The molecule has 1 fully saturated rings. The Labute approximate surface area is 384 Å². The highest BCUT2D eigenvalue weighted by molar-refractivity contribution is 5.92. The van der Waals surface area contributed by atoms with E-state index in [1.165, 1.54) is 5.57 Å². The minimum absolute atomic E-state index is 0.182. The van der Waals surface area contributed by atoms with E-state index in [2.05, 4.69) is 13.8 Å². The van der Waals surface area contributed by atoms with Crippen LogP contribution in [0.3, 0.4) is 0 Å². The first-order chi connectivity index (χ1) is 31.9. The molecule has 7 atom stereocenters. The van der Waals surface area contributed by atoms with Crippen LogP contribution in [0, 0.1) is 5.41 Å². The summed E-state index contributed by atoms with van der Waals surface area (Å²) in [6, 6.07) is 41.9. The van der Waals surface area contributed by atoms with Gasteiger partial charge in [0.05, 0.1) is 40.0 Å². The average molecular weight is 895 g/mol. The van der Waals surface area contributed by atoms with Gasteiger partial charge in [0, 0.05) is 0 Å². The van der Waals surface area contributed by atoms with E-state index in [0.717, 1.165) is 5.57 Å². The van der Waals surface area contributed by atoms with Gasteiger partial charge in [-0.2, -0.15) is 0 Å². The Kier molecular flexibility index (Phi) is 15.6. The normalized spacial score (nSPS) is 21.7. The predicted octanol–water partition coefficient (Wildman–Crippen LogP) is 9.79. The Hall–Kier alpha value is -6.89. The quantitative estimate of drug-likeness (QED) is 0.0527. The SMILES string of the molecule is CC1=C(CC[C@@H](C)OC(=O)c2ccccc2)C(C)(C)C[C@H](O[C@@H]2O[C@H](COC(=O)c3ccccc3)[C@@H](OC(=O)c3ccccc3)[C@H](OC(=O)c3ccccc3)[C@H]2OC(=O)c2ccccc2)C1. The molecule has 7 rings (SSSR count). The number of ether oxygens (including phenoxy) is 7. The standard InChI is InChI=1S/C54H54O12/c1-35-32-42(33-54(3,4)43(35)31-30-36(2)61-49(56)38-22-12-6-13-23-38)62-53-47(66-52(59)41-28-18-9-19-29-41)46(65-51(58)40-26-16-8-17-27-40)45(64-50(57)39-24-14-7-15-25-39)44(63-53)34-60-48(55)37-20-10-5-11-21-37/h5-29,36,42,44-47,53H,30-34H2,1-4H3/t36-,42-,44-,45-,46+,47-,53-/m1/s1. The molecule has 1 aliphatic carbocycles. The van der Waals surface area contributed by atoms with E-state index in [0.29, 0.717) is 31.2 Å². The molecule has 66 heavy (non-hydrogen) atoms. The monoisotopic (exact) mass is 894 g/mol. The van der Waals surface area contributed by atoms with E-state index < -0.39 is 72.7 Å². The van der Waals surface area contributed by atoms with Gasteiger partial charge in [-0.05, 0) is 106 Å². The average Bonchev–Trinajstić information content (AvgIpc) is 3.33. The topological polar surface area (TPSA) is 150 Å². The smallest absolute Gasteiger partial charge is 0.338 e. The van der Waals surface area contributed by atoms with Crippen molar-refractivity contribution in [3.05, 3.63) is 191 Å². The van der Waals surface area contributed by atoms with Gasteiger partial charge in [0.15, 0.2) is 24.6 Å². The summed E-state index contributed by atoms with van der Waals surface area (Å²) in [5, 5.41) is 0. The summed E-state index contributed by atoms with van der Waals surface area (Å²) in [7, 11) is 0. The molecule has 0 amide bonds. The second-order valence-corrected chi connectivity index (χ2v) is 17.1. The molecule has 12 nitrogen and oxygen atoms in total. The highest BCUT2D eigenvalue weighted by atomic mass is 16.7. The summed E-state index contributed by atoms with van der Waals surface area (Å²) in [6.45, 7) is 7.69. The van der Waals surface area contributed by atoms with Crippen molar-refractivity contribution in [1.82, 2.24) is 0 Å². The van der Waals surface area contributed by atoms with Crippen LogP contribution in [-0.2, 0) is 33.2 Å². The van der Waals surface area contributed by atoms with Gasteiger partial charge in [0.2, 0.25) is 0 Å². The Morgan fingerprint density at radius 1 is 0.576 bits per heavy atom. The number of allylic oxidation sites excluding steroid dienone is 1. The Balaban J connectivity index is 1.21. The number of carbonyl (C=O) groups excluding carboxylic acids is 5. The van der Waals surface area contributed by atoms with Gasteiger partial charge in [-0.25, -0.2) is 24.0 Å². The molecule has 1 aliphatic heterocycles. The molecule has 0 N–H and O–H groups in total. The molecule has 5 aromatic carbocycles. The molecule has 1 saturated heterocycles. The minimum Gasteiger partial charge on any atom is -0.459 e. The van der Waals surface area contributed by atoms with E-state index >= 15 is 0 Å². The van der Waals surface area contributed by atoms with Crippen molar-refractivity contribution in [3.63, 3.8) is 0 Å². The van der Waals surface area contributed by atoms with Crippen LogP contribution in [0.1, 0.15) is 105 Å². The molecule has 5 aromatic rings. The number of hydrogen-bond acceptors (Lipinski definition) is 12. The fourth-order valence-electron chi connectivity index (χ4n) is 8.51. The van der Waals surface area contributed by atoms with E-state index in [4.69, 9.17) is 33.2 Å². The van der Waals surface area contributed by atoms with Crippen molar-refractivity contribution in [2.24, 2.45) is 5.41 Å². The largest absolute Gasteiger partial charge is 0.459 e. The Morgan fingerprint density at radius 2 is 0.985 bits per heavy atom. The summed E-state index contributed by atoms with van der Waals surface area (Å²) < 4.78 is 43.8. The lowest BCUT2D eigenvalue weighted by Crippen LogP contribution is -2.63. The minimum atomic E-state index is -1.54. The molecule has 2 aliphatic rings. The third-order valence-electron chi connectivity index (χ3n) is 11.8. The van der Waals surface area contributed by atoms with Gasteiger partial charge < -0.3 is 33.2 Å². The Morgan fingerprint density at radius 3 is 1.44 bits per heavy atom. The lowest BCUT2D eigenvalue weighted by Gasteiger charge is -2.46. The molecule has 12 heteroatoms. The van der Waals surface area contributed by atoms with Crippen molar-refractivity contribution in [2.45, 2.75) is 96.3 Å². The van der Waals surface area contributed by atoms with Crippen molar-refractivity contribution in [3.8, 4) is 0 Å². The van der Waals surface area contributed by atoms with Crippen LogP contribution in [0.5, 0.6) is 0 Å². The molecule has 0 spiro atoms. The zero-order chi connectivity index (χ0) is 46.6. The van der Waals surface area contributed by atoms with Crippen LogP contribution in [-0.4, -0.2) is 79.4 Å². The number of hydrogen-bond donors (Lipinski definition) is 0. The summed E-state index contributed by atoms with van der Waals surface area (Å²) in [5.41, 5.74) is 3.20. The molecule has 0 radical (unpaired) electrons. The fraction of sp³-hybridized carbons (Fsp3) is 0.315. The summed E-state index contributed by atoms with van der Waals surface area (Å²) >= 11 is 0. The van der Waals surface area contributed by atoms with Crippen LogP contribution in [0.2, 0.25) is 0 Å². The van der Waals surface area contributed by atoms with Crippen LogP contribution < -0.4 is 0 Å². The van der Waals surface area contributed by atoms with Gasteiger partial charge >= 0.3 is 29.8 Å². The molecule has 0 aromatic heterocycles. The van der Waals surface area contributed by atoms with Gasteiger partial charge in [-0.1, -0.05) is 116 Å². The first-order valence-electron chi connectivity index (χ1n) is 22.1. The maximum absolute atomic E-state index is 14.1. The van der Waals surface area contributed by atoms with Crippen molar-refractivity contribution in [2.75, 3.05) is 6.61 Å². The Bertz CT molecular complexity index is 2460. The van der Waals surface area contributed by atoms with E-state index in [-0.39, 0.29) is 34.3 Å². The van der Waals surface area contributed by atoms with Gasteiger partial charge in [0.1, 0.15) is 12.7 Å². The van der Waals surface area contributed by atoms with Crippen LogP contribution in [0.25, 0.3) is 0 Å². The molecular formula is C54H54O12. The van der Waals surface area contributed by atoms with Crippen LogP contribution in [0.15, 0.2) is 163 Å². The fourth-order valence-corrected chi connectivity index (χ4v) is 8.51. The molecule has 0 saturated carbocycles. The van der Waals surface area contributed by atoms with E-state index in [1.54, 1.807) is 146 Å². The van der Waals surface area contributed by atoms with Gasteiger partial charge in [0.25, 0.3) is 0 Å². The van der Waals surface area contributed by atoms with Crippen molar-refractivity contribution < 1.29 is 57.1 Å². The molecule has 1 heterocycles. The highest BCUT2D eigenvalue weighted by Crippen LogP contribution is 2.45. The third kappa shape index (κ3) is 12.1.